The molecule has 1 aromatic rings. The van der Waals surface area contributed by atoms with E-state index in [1.165, 1.54) is 36.3 Å². The van der Waals surface area contributed by atoms with Gasteiger partial charge in [0.2, 0.25) is 0 Å². The highest BCUT2D eigenvalue weighted by molar-refractivity contribution is 6.79. The number of hydrogen-bond acceptors (Lipinski definition) is 0. The Morgan fingerprint density at radius 1 is 0.476 bits per heavy atom. The molecule has 0 saturated carbocycles. The molecule has 1 rings (SSSR count). The van der Waals surface area contributed by atoms with Gasteiger partial charge in [0.15, 0.2) is 0 Å². The summed E-state index contributed by atoms with van der Waals surface area (Å²) in [7, 11) is -0.932. The van der Waals surface area contributed by atoms with Crippen molar-refractivity contribution in [3.05, 3.63) is 18.2 Å². The van der Waals surface area contributed by atoms with E-state index in [0.717, 1.165) is 0 Å². The van der Waals surface area contributed by atoms with E-state index in [9.17, 15) is 0 Å². The van der Waals surface area contributed by atoms with Gasteiger partial charge in [0.1, 0.15) is 0 Å². The van der Waals surface area contributed by atoms with Crippen LogP contribution in [0.1, 0.15) is 41.5 Å². The summed E-state index contributed by atoms with van der Waals surface area (Å²) in [6, 6.07) is 16.1. The molecule has 0 heterocycles. The van der Waals surface area contributed by atoms with Gasteiger partial charge in [0.05, 0.1) is 26.4 Å². The van der Waals surface area contributed by atoms with Gasteiger partial charge in [-0.3, -0.25) is 0 Å². The van der Waals surface area contributed by atoms with E-state index in [2.05, 4.69) is 59.7 Å². The van der Waals surface area contributed by atoms with E-state index in [0.29, 0.717) is 0 Å². The second-order valence-corrected chi connectivity index (χ2v) is 15.3. The summed E-state index contributed by atoms with van der Waals surface area (Å²) in [5.74, 6) is 0. The average molecular weight is 334 g/mol. The SMILES string of the molecule is CC[Si](CC)c1cc([Si](CC)CC)cc([Si](CC)CC)c1. The van der Waals surface area contributed by atoms with Crippen LogP contribution in [-0.2, 0) is 0 Å². The normalized spacial score (nSPS) is 11.9. The molecular formula is C18H33Si3. The predicted molar refractivity (Wildman–Crippen MR) is 105 cm³/mol. The van der Waals surface area contributed by atoms with E-state index < -0.39 is 0 Å². The summed E-state index contributed by atoms with van der Waals surface area (Å²) in [5, 5.41) is 5.23. The Kier molecular flexibility index (Phi) is 8.83. The topological polar surface area (TPSA) is 0 Å². The Bertz CT molecular complexity index is 331. The van der Waals surface area contributed by atoms with Crippen LogP contribution in [0.15, 0.2) is 18.2 Å². The molecule has 0 spiro atoms. The van der Waals surface area contributed by atoms with Crippen LogP contribution in [0, 0.1) is 0 Å². The highest BCUT2D eigenvalue weighted by Gasteiger charge is 2.18. The Labute approximate surface area is 138 Å². The molecule has 3 heteroatoms. The minimum absolute atomic E-state index is 0.311. The summed E-state index contributed by atoms with van der Waals surface area (Å²) < 4.78 is 0. The maximum Gasteiger partial charge on any atom is 0.0850 e. The zero-order valence-corrected chi connectivity index (χ0v) is 18.0. The number of hydrogen-bond donors (Lipinski definition) is 0. The van der Waals surface area contributed by atoms with Crippen LogP contribution in [-0.4, -0.2) is 26.4 Å². The lowest BCUT2D eigenvalue weighted by molar-refractivity contribution is 1.32. The van der Waals surface area contributed by atoms with Crippen molar-refractivity contribution in [1.82, 2.24) is 0 Å². The van der Waals surface area contributed by atoms with E-state index in [4.69, 9.17) is 0 Å². The van der Waals surface area contributed by atoms with Crippen LogP contribution in [0.2, 0.25) is 36.3 Å². The number of rotatable bonds is 9. The van der Waals surface area contributed by atoms with Crippen molar-refractivity contribution in [2.24, 2.45) is 0 Å². The maximum absolute atomic E-state index is 2.62. The minimum atomic E-state index is -0.311. The van der Waals surface area contributed by atoms with E-state index in [-0.39, 0.29) is 26.4 Å². The molecule has 0 unspecified atom stereocenters. The maximum atomic E-state index is 2.62. The van der Waals surface area contributed by atoms with Gasteiger partial charge >= 0.3 is 0 Å². The van der Waals surface area contributed by atoms with Crippen molar-refractivity contribution in [2.45, 2.75) is 77.8 Å². The second kappa shape index (κ2) is 9.80. The Morgan fingerprint density at radius 2 is 0.667 bits per heavy atom. The lowest BCUT2D eigenvalue weighted by Crippen LogP contribution is -2.43. The average Bonchev–Trinajstić information content (AvgIpc) is 2.51. The first-order valence-corrected chi connectivity index (χ1v) is 14.6. The third-order valence-electron chi connectivity index (χ3n) is 4.72. The highest BCUT2D eigenvalue weighted by Crippen LogP contribution is 2.05. The van der Waals surface area contributed by atoms with E-state index in [1.807, 2.05) is 0 Å². The third-order valence-corrected chi connectivity index (χ3v) is 13.2. The van der Waals surface area contributed by atoms with Crippen LogP contribution >= 0.6 is 0 Å². The van der Waals surface area contributed by atoms with Gasteiger partial charge in [-0.05, 0) is 0 Å². The smallest absolute Gasteiger partial charge is 0.0677 e. The standard InChI is InChI=1S/C18H33Si3/c1-7-19(8-2)16-13-17(20(9-3)10-4)15-18(14-16)21(11-5)12-6/h13-15H,7-12H2,1-6H3. The van der Waals surface area contributed by atoms with Crippen molar-refractivity contribution in [3.8, 4) is 0 Å². The van der Waals surface area contributed by atoms with Crippen LogP contribution in [0.25, 0.3) is 0 Å². The molecule has 1 aromatic carbocycles. The predicted octanol–water partition coefficient (Wildman–Crippen LogP) is 3.91. The fourth-order valence-electron chi connectivity index (χ4n) is 3.21. The van der Waals surface area contributed by atoms with Gasteiger partial charge in [-0.15, -0.1) is 0 Å². The van der Waals surface area contributed by atoms with E-state index >= 15 is 0 Å². The summed E-state index contributed by atoms with van der Waals surface area (Å²) in [5.41, 5.74) is 0. The van der Waals surface area contributed by atoms with E-state index in [1.54, 1.807) is 15.6 Å². The molecule has 0 nitrogen and oxygen atoms in total. The summed E-state index contributed by atoms with van der Waals surface area (Å²) in [6.07, 6.45) is 0. The number of benzene rings is 1. The molecule has 0 saturated heterocycles. The quantitative estimate of drug-likeness (QED) is 0.601. The molecule has 0 amide bonds. The molecule has 0 aromatic heterocycles. The lowest BCUT2D eigenvalue weighted by Gasteiger charge is -2.21. The fourth-order valence-corrected chi connectivity index (χ4v) is 9.75. The molecule has 0 atom stereocenters. The van der Waals surface area contributed by atoms with Crippen molar-refractivity contribution in [3.63, 3.8) is 0 Å². The van der Waals surface area contributed by atoms with Crippen molar-refractivity contribution in [2.75, 3.05) is 0 Å². The molecule has 3 radical (unpaired) electrons. The fraction of sp³-hybridized carbons (Fsp3) is 0.667. The van der Waals surface area contributed by atoms with Crippen molar-refractivity contribution in [1.29, 1.82) is 0 Å². The highest BCUT2D eigenvalue weighted by atomic mass is 28.3. The Hall–Kier alpha value is -0.129. The van der Waals surface area contributed by atoms with Gasteiger partial charge in [0, 0.05) is 0 Å². The van der Waals surface area contributed by atoms with Gasteiger partial charge in [-0.1, -0.05) is 112 Å². The van der Waals surface area contributed by atoms with Crippen molar-refractivity contribution < 1.29 is 0 Å². The Balaban J connectivity index is 3.30. The monoisotopic (exact) mass is 333 g/mol. The minimum Gasteiger partial charge on any atom is -0.0677 e. The summed E-state index contributed by atoms with van der Waals surface area (Å²) >= 11 is 0. The molecule has 0 aliphatic rings. The molecule has 0 bridgehead atoms. The third kappa shape index (κ3) is 4.93. The first-order chi connectivity index (χ1) is 10.1. The van der Waals surface area contributed by atoms with Crippen LogP contribution in [0.4, 0.5) is 0 Å². The van der Waals surface area contributed by atoms with Crippen LogP contribution in [0.5, 0.6) is 0 Å². The van der Waals surface area contributed by atoms with Gasteiger partial charge in [-0.25, -0.2) is 0 Å². The molecule has 0 N–H and O–H groups in total. The van der Waals surface area contributed by atoms with Gasteiger partial charge in [0.25, 0.3) is 0 Å². The summed E-state index contributed by atoms with van der Waals surface area (Å²) in [6.45, 7) is 14.3. The van der Waals surface area contributed by atoms with Crippen LogP contribution < -0.4 is 15.6 Å². The zero-order valence-electron chi connectivity index (χ0n) is 15.0. The molecule has 117 valence electrons. The second-order valence-electron chi connectivity index (χ2n) is 5.73. The molecule has 21 heavy (non-hydrogen) atoms. The zero-order chi connectivity index (χ0) is 15.8. The first-order valence-electron chi connectivity index (χ1n) is 8.85. The lowest BCUT2D eigenvalue weighted by atomic mass is 10.3. The van der Waals surface area contributed by atoms with Crippen molar-refractivity contribution >= 4 is 42.0 Å². The largest absolute Gasteiger partial charge is 0.0850 e. The van der Waals surface area contributed by atoms with Crippen LogP contribution in [0.3, 0.4) is 0 Å². The molecule has 0 fully saturated rings. The first kappa shape index (κ1) is 18.9. The molecule has 0 aliphatic heterocycles. The molecule has 0 aliphatic carbocycles. The Morgan fingerprint density at radius 3 is 0.810 bits per heavy atom. The van der Waals surface area contributed by atoms with Gasteiger partial charge in [-0.2, -0.15) is 0 Å². The summed E-state index contributed by atoms with van der Waals surface area (Å²) in [4.78, 5) is 0. The van der Waals surface area contributed by atoms with Gasteiger partial charge < -0.3 is 0 Å². The molecular weight excluding hydrogens is 300 g/mol.